The number of phenols is 1. The van der Waals surface area contributed by atoms with Crippen LogP contribution < -0.4 is 10.1 Å². The molecule has 0 aromatic heterocycles. The summed E-state index contributed by atoms with van der Waals surface area (Å²) in [5, 5.41) is 16.5. The fraction of sp³-hybridized carbons (Fsp3) is 0.0455. The first-order chi connectivity index (χ1) is 12.2. The zero-order valence-corrected chi connectivity index (χ0v) is 13.9. The quantitative estimate of drug-likeness (QED) is 0.594. The van der Waals surface area contributed by atoms with E-state index in [1.54, 1.807) is 19.2 Å². The van der Waals surface area contributed by atoms with Crippen molar-refractivity contribution in [1.82, 2.24) is 0 Å². The van der Waals surface area contributed by atoms with Crippen molar-refractivity contribution in [2.24, 2.45) is 0 Å². The van der Waals surface area contributed by atoms with Gasteiger partial charge in [0.2, 0.25) is 5.71 Å². The maximum atomic E-state index is 10.1. The van der Waals surface area contributed by atoms with Crippen LogP contribution in [0.2, 0.25) is 0 Å². The lowest BCUT2D eigenvalue weighted by atomic mass is 9.80. The smallest absolute Gasteiger partial charge is 0.212 e. The number of methoxy groups -OCH3 is 1. The van der Waals surface area contributed by atoms with Gasteiger partial charge in [-0.05, 0) is 52.6 Å². The van der Waals surface area contributed by atoms with E-state index in [1.807, 2.05) is 42.5 Å². The Kier molecular flexibility index (Phi) is 3.62. The van der Waals surface area contributed by atoms with E-state index in [9.17, 15) is 5.11 Å². The van der Waals surface area contributed by atoms with E-state index in [2.05, 4.69) is 18.2 Å². The first kappa shape index (κ1) is 15.2. The molecule has 0 spiro atoms. The number of phenolic OH excluding ortho intramolecular Hbond substituents is 1. The number of rotatable bonds is 2. The van der Waals surface area contributed by atoms with Crippen LogP contribution in [0.5, 0.6) is 11.5 Å². The highest BCUT2D eigenvalue weighted by Crippen LogP contribution is 2.37. The molecule has 3 aromatic carbocycles. The summed E-state index contributed by atoms with van der Waals surface area (Å²) in [4.78, 5) is 0. The standard InChI is InChI=1S/C22H17NO2/c1-25-21-11-10-14(13-20(21)24)12-19-15-6-2-4-8-17(15)22(23)18-9-5-3-7-16(18)19/h2-13,23-24H,1H3/p+1. The molecule has 122 valence electrons. The van der Waals surface area contributed by atoms with Gasteiger partial charge in [-0.25, -0.2) is 0 Å². The third kappa shape index (κ3) is 2.50. The summed E-state index contributed by atoms with van der Waals surface area (Å²) in [7, 11) is 1.54. The molecule has 0 atom stereocenters. The van der Waals surface area contributed by atoms with Crippen LogP contribution >= 0.6 is 0 Å². The van der Waals surface area contributed by atoms with Crippen LogP contribution in [0.1, 0.15) is 27.8 Å². The van der Waals surface area contributed by atoms with Crippen molar-refractivity contribution in [2.75, 3.05) is 7.11 Å². The fourth-order valence-electron chi connectivity index (χ4n) is 3.31. The molecule has 3 N–H and O–H groups in total. The molecule has 0 fully saturated rings. The fourth-order valence-corrected chi connectivity index (χ4v) is 3.31. The molecule has 0 amide bonds. The molecule has 0 aliphatic heterocycles. The monoisotopic (exact) mass is 328 g/mol. The number of hydrogen-bond acceptors (Lipinski definition) is 2. The molecule has 0 saturated heterocycles. The number of fused-ring (bicyclic) bond motifs is 2. The first-order valence-electron chi connectivity index (χ1n) is 8.09. The molecule has 4 rings (SSSR count). The number of ether oxygens (including phenoxy) is 1. The normalized spacial score (nSPS) is 12.4. The molecule has 3 aromatic rings. The number of benzene rings is 3. The minimum Gasteiger partial charge on any atom is -0.504 e. The van der Waals surface area contributed by atoms with Gasteiger partial charge in [0.15, 0.2) is 11.5 Å². The number of aromatic hydroxyl groups is 1. The van der Waals surface area contributed by atoms with Gasteiger partial charge < -0.3 is 9.84 Å². The maximum Gasteiger partial charge on any atom is 0.212 e. The Hall–Kier alpha value is -3.33. The lowest BCUT2D eigenvalue weighted by molar-refractivity contribution is -0.111. The minimum absolute atomic E-state index is 0.125. The molecule has 1 aliphatic rings. The molecule has 1 aliphatic carbocycles. The van der Waals surface area contributed by atoms with Crippen LogP contribution in [0.15, 0.2) is 66.7 Å². The molecular formula is C22H18NO2+. The van der Waals surface area contributed by atoms with Crippen LogP contribution in [0, 0.1) is 0 Å². The topological polar surface area (TPSA) is 55.0 Å². The highest BCUT2D eigenvalue weighted by Gasteiger charge is 2.27. The second kappa shape index (κ2) is 5.95. The Labute approximate surface area is 146 Å². The maximum absolute atomic E-state index is 10.1. The Balaban J connectivity index is 1.94. The highest BCUT2D eigenvalue weighted by atomic mass is 16.5. The van der Waals surface area contributed by atoms with Gasteiger partial charge in [0.05, 0.1) is 18.2 Å². The van der Waals surface area contributed by atoms with E-state index in [1.165, 1.54) is 0 Å². The first-order valence-corrected chi connectivity index (χ1v) is 8.09. The van der Waals surface area contributed by atoms with Gasteiger partial charge in [0.1, 0.15) is 0 Å². The largest absolute Gasteiger partial charge is 0.504 e. The van der Waals surface area contributed by atoms with Gasteiger partial charge >= 0.3 is 0 Å². The predicted molar refractivity (Wildman–Crippen MR) is 99.7 cm³/mol. The highest BCUT2D eigenvalue weighted by molar-refractivity contribution is 6.20. The number of hydrogen-bond donors (Lipinski definition) is 2. The van der Waals surface area contributed by atoms with E-state index in [0.29, 0.717) is 5.75 Å². The van der Waals surface area contributed by atoms with Crippen LogP contribution in [0.3, 0.4) is 0 Å². The van der Waals surface area contributed by atoms with Crippen LogP contribution in [-0.2, 0) is 0 Å². The van der Waals surface area contributed by atoms with Gasteiger partial charge in [-0.2, -0.15) is 0 Å². The average Bonchev–Trinajstić information content (AvgIpc) is 2.65. The molecule has 0 radical (unpaired) electrons. The predicted octanol–water partition coefficient (Wildman–Crippen LogP) is 2.90. The summed E-state index contributed by atoms with van der Waals surface area (Å²) in [5.74, 6) is 0.587. The van der Waals surface area contributed by atoms with E-state index in [-0.39, 0.29) is 5.75 Å². The molecule has 0 bridgehead atoms. The van der Waals surface area contributed by atoms with E-state index in [0.717, 1.165) is 39.1 Å². The van der Waals surface area contributed by atoms with Crippen LogP contribution in [-0.4, -0.2) is 17.9 Å². The Morgan fingerprint density at radius 3 is 1.92 bits per heavy atom. The van der Waals surface area contributed by atoms with Crippen LogP contribution in [0.25, 0.3) is 11.6 Å². The summed E-state index contributed by atoms with van der Waals surface area (Å²) >= 11 is 0. The van der Waals surface area contributed by atoms with Gasteiger partial charge in [-0.1, -0.05) is 42.5 Å². The second-order valence-electron chi connectivity index (χ2n) is 5.99. The van der Waals surface area contributed by atoms with Gasteiger partial charge in [-0.3, -0.25) is 5.41 Å². The van der Waals surface area contributed by atoms with E-state index < -0.39 is 0 Å². The molecule has 25 heavy (non-hydrogen) atoms. The third-order valence-electron chi connectivity index (χ3n) is 4.53. The zero-order chi connectivity index (χ0) is 17.4. The summed E-state index contributed by atoms with van der Waals surface area (Å²) in [6.07, 6.45) is 2.07. The van der Waals surface area contributed by atoms with Crippen molar-refractivity contribution in [3.05, 3.63) is 94.5 Å². The number of nitrogens with two attached hydrogens (primary N) is 1. The Morgan fingerprint density at radius 2 is 1.40 bits per heavy atom. The summed E-state index contributed by atoms with van der Waals surface area (Å²) in [6.45, 7) is 0. The lowest BCUT2D eigenvalue weighted by Gasteiger charge is -2.20. The third-order valence-corrected chi connectivity index (χ3v) is 4.53. The van der Waals surface area contributed by atoms with E-state index in [4.69, 9.17) is 10.1 Å². The second-order valence-corrected chi connectivity index (χ2v) is 5.99. The SMILES string of the molecule is COc1ccc(C=C2c3ccccc3C(=[NH2+])c3ccccc32)cc1O. The van der Waals surface area contributed by atoms with E-state index >= 15 is 0 Å². The van der Waals surface area contributed by atoms with Crippen LogP contribution in [0.4, 0.5) is 0 Å². The summed E-state index contributed by atoms with van der Waals surface area (Å²) in [6, 6.07) is 21.7. The van der Waals surface area contributed by atoms with Crippen molar-refractivity contribution in [3.63, 3.8) is 0 Å². The molecule has 0 unspecified atom stereocenters. The average molecular weight is 328 g/mol. The summed E-state index contributed by atoms with van der Waals surface area (Å²) < 4.78 is 5.13. The molecule has 3 heteroatoms. The molecule has 0 heterocycles. The molecule has 0 saturated carbocycles. The Morgan fingerprint density at radius 1 is 0.840 bits per heavy atom. The van der Waals surface area contributed by atoms with Crippen molar-refractivity contribution >= 4 is 17.4 Å². The van der Waals surface area contributed by atoms with Crippen molar-refractivity contribution in [3.8, 4) is 11.5 Å². The van der Waals surface area contributed by atoms with Crippen molar-refractivity contribution < 1.29 is 15.3 Å². The lowest BCUT2D eigenvalue weighted by Crippen LogP contribution is -2.43. The van der Waals surface area contributed by atoms with Crippen molar-refractivity contribution in [1.29, 1.82) is 0 Å². The Bertz CT molecular complexity index is 967. The van der Waals surface area contributed by atoms with Crippen molar-refractivity contribution in [2.45, 2.75) is 0 Å². The summed E-state index contributed by atoms with van der Waals surface area (Å²) in [5.41, 5.74) is 7.03. The minimum atomic E-state index is 0.125. The zero-order valence-electron chi connectivity index (χ0n) is 13.9. The molecular weight excluding hydrogens is 310 g/mol. The molecule has 3 nitrogen and oxygen atoms in total. The van der Waals surface area contributed by atoms with Gasteiger partial charge in [0.25, 0.3) is 0 Å². The van der Waals surface area contributed by atoms with Gasteiger partial charge in [0, 0.05) is 0 Å². The van der Waals surface area contributed by atoms with Gasteiger partial charge in [-0.15, -0.1) is 0 Å².